The number of para-hydroxylation sites is 4. The van der Waals surface area contributed by atoms with E-state index in [0.717, 1.165) is 11.4 Å². The van der Waals surface area contributed by atoms with E-state index in [1.165, 1.54) is 175 Å². The van der Waals surface area contributed by atoms with E-state index in [0.29, 0.717) is 0 Å². The van der Waals surface area contributed by atoms with Crippen LogP contribution in [-0.4, -0.2) is 17.9 Å². The normalized spacial score (nSPS) is 13.0. The van der Waals surface area contributed by atoms with Crippen LogP contribution in [0.4, 0.5) is 0 Å². The fourth-order valence-electron chi connectivity index (χ4n) is 15.6. The topological polar surface area (TPSA) is 18.7 Å². The minimum absolute atomic E-state index is 0.109. The molecule has 0 N–H and O–H groups in total. The smallest absolute Gasteiger partial charge is 0.0627 e. The van der Waals surface area contributed by atoms with Crippen LogP contribution in [0.5, 0.6) is 0 Å². The molecule has 406 valence electrons. The zero-order valence-electron chi connectivity index (χ0n) is 48.9. The van der Waals surface area contributed by atoms with Gasteiger partial charge in [0.25, 0.3) is 0 Å². The zero-order valence-corrected chi connectivity index (χ0v) is 48.9. The molecular weight excluding hydrogens is 1040 g/mol. The summed E-state index contributed by atoms with van der Waals surface area (Å²) < 4.78 is 10.2. The lowest BCUT2D eigenvalue weighted by Gasteiger charge is -2.21. The third-order valence-corrected chi connectivity index (χ3v) is 19.6. The first kappa shape index (κ1) is 48.0. The van der Waals surface area contributed by atoms with Crippen LogP contribution in [0.3, 0.4) is 0 Å². The van der Waals surface area contributed by atoms with E-state index < -0.39 is 0 Å². The van der Waals surface area contributed by atoms with Gasteiger partial charge in [0.2, 0.25) is 0 Å². The van der Waals surface area contributed by atoms with Crippen LogP contribution < -0.4 is 0 Å². The van der Waals surface area contributed by atoms with Crippen molar-refractivity contribution in [2.24, 2.45) is 0 Å². The Morgan fingerprint density at radius 2 is 0.605 bits per heavy atom. The highest BCUT2D eigenvalue weighted by Gasteiger charge is 2.30. The summed E-state index contributed by atoms with van der Waals surface area (Å²) in [5.41, 5.74) is 22.0. The van der Waals surface area contributed by atoms with Gasteiger partial charge in [-0.3, -0.25) is 0 Å². The maximum Gasteiger partial charge on any atom is 0.0627 e. The van der Waals surface area contributed by atoms with Crippen LogP contribution in [0, 0.1) is 0 Å². The Labute approximate surface area is 496 Å². The molecule has 0 amide bonds. The first-order valence-corrected chi connectivity index (χ1v) is 30.4. The lowest BCUT2D eigenvalue weighted by Crippen LogP contribution is -2.11. The monoisotopic (exact) mass is 1100 g/mol. The molecule has 0 aliphatic carbocycles. The molecule has 19 aromatic rings. The van der Waals surface area contributed by atoms with Crippen LogP contribution >= 0.6 is 0 Å². The van der Waals surface area contributed by atoms with Gasteiger partial charge in [0.15, 0.2) is 0 Å². The third kappa shape index (κ3) is 6.32. The molecule has 4 heteroatoms. The largest absolute Gasteiger partial charge is 0.309 e. The van der Waals surface area contributed by atoms with E-state index >= 15 is 0 Å². The van der Waals surface area contributed by atoms with Crippen molar-refractivity contribution in [1.82, 2.24) is 17.9 Å². The summed E-state index contributed by atoms with van der Waals surface area (Å²) in [5.74, 6) is 0. The average Bonchev–Trinajstić information content (AvgIpc) is 1.51. The highest BCUT2D eigenvalue weighted by Crippen LogP contribution is 2.52. The number of benzene rings is 13. The lowest BCUT2D eigenvalue weighted by atomic mass is 9.83. The van der Waals surface area contributed by atoms with E-state index in [2.05, 4.69) is 302 Å². The molecule has 0 saturated heterocycles. The molecule has 13 aromatic carbocycles. The average molecular weight is 1100 g/mol. The van der Waals surface area contributed by atoms with Crippen molar-refractivity contribution in [2.45, 2.75) is 52.4 Å². The second-order valence-corrected chi connectivity index (χ2v) is 26.5. The molecule has 0 bridgehead atoms. The van der Waals surface area contributed by atoms with Crippen molar-refractivity contribution < 1.29 is 0 Å². The summed E-state index contributed by atoms with van der Waals surface area (Å²) in [5, 5.41) is 20.4. The van der Waals surface area contributed by atoms with E-state index in [-0.39, 0.29) is 10.8 Å². The predicted octanol–water partition coefficient (Wildman–Crippen LogP) is 22.4. The summed E-state index contributed by atoms with van der Waals surface area (Å²) in [7, 11) is 0. The molecule has 0 aliphatic heterocycles. The first-order chi connectivity index (χ1) is 41.9. The van der Waals surface area contributed by atoms with E-state index in [1.807, 2.05) is 0 Å². The summed E-state index contributed by atoms with van der Waals surface area (Å²) in [4.78, 5) is 0. The Hall–Kier alpha value is -10.4. The van der Waals surface area contributed by atoms with Crippen LogP contribution in [0.1, 0.15) is 52.7 Å². The van der Waals surface area contributed by atoms with Gasteiger partial charge in [-0.2, -0.15) is 0 Å². The van der Waals surface area contributed by atoms with Gasteiger partial charge in [-0.25, -0.2) is 0 Å². The van der Waals surface area contributed by atoms with Crippen LogP contribution in [0.2, 0.25) is 0 Å². The van der Waals surface area contributed by atoms with E-state index in [4.69, 9.17) is 0 Å². The quantitative estimate of drug-likeness (QED) is 0.167. The predicted molar refractivity (Wildman–Crippen MR) is 368 cm³/mol. The molecule has 0 saturated carbocycles. The molecule has 6 aromatic heterocycles. The van der Waals surface area contributed by atoms with Gasteiger partial charge in [0.1, 0.15) is 0 Å². The Bertz CT molecular complexity index is 5750. The number of hydrogen-bond donors (Lipinski definition) is 0. The van der Waals surface area contributed by atoms with Gasteiger partial charge in [-0.15, -0.1) is 0 Å². The molecule has 0 spiro atoms. The minimum Gasteiger partial charge on any atom is -0.309 e. The summed E-state index contributed by atoms with van der Waals surface area (Å²) in [6, 6.07) is 92.4. The maximum absolute atomic E-state index is 2.68. The van der Waals surface area contributed by atoms with E-state index in [9.17, 15) is 0 Å². The Balaban J connectivity index is 0.967. The summed E-state index contributed by atoms with van der Waals surface area (Å²) in [6.07, 6.45) is 0. The third-order valence-electron chi connectivity index (χ3n) is 19.6. The molecule has 6 heterocycles. The van der Waals surface area contributed by atoms with Gasteiger partial charge < -0.3 is 17.9 Å². The van der Waals surface area contributed by atoms with Gasteiger partial charge in [0.05, 0.1) is 55.2 Å². The fraction of sp³-hybridized carbons (Fsp3) is 0.0976. The summed E-state index contributed by atoms with van der Waals surface area (Å²) in [6.45, 7) is 14.2. The van der Waals surface area contributed by atoms with Crippen LogP contribution in [-0.2, 0) is 10.8 Å². The highest BCUT2D eigenvalue weighted by molar-refractivity contribution is 6.37. The minimum atomic E-state index is -0.109. The number of aromatic nitrogens is 4. The number of rotatable bonds is 4. The zero-order chi connectivity index (χ0) is 57.2. The Kier molecular flexibility index (Phi) is 9.31. The van der Waals surface area contributed by atoms with Crippen molar-refractivity contribution in [3.05, 3.63) is 254 Å². The number of fused-ring (bicyclic) bond motifs is 22. The van der Waals surface area contributed by atoms with Crippen molar-refractivity contribution in [3.8, 4) is 33.6 Å². The van der Waals surface area contributed by atoms with Gasteiger partial charge in [0, 0.05) is 87.1 Å². The van der Waals surface area contributed by atoms with Gasteiger partial charge in [-0.1, -0.05) is 175 Å². The first-order valence-electron chi connectivity index (χ1n) is 30.4. The summed E-state index contributed by atoms with van der Waals surface area (Å²) >= 11 is 0. The fourth-order valence-corrected chi connectivity index (χ4v) is 15.6. The molecule has 0 unspecified atom stereocenters. The molecular formula is C82H58N4. The number of hydrogen-bond acceptors (Lipinski definition) is 0. The Morgan fingerprint density at radius 3 is 1.02 bits per heavy atom. The maximum atomic E-state index is 2.68. The van der Waals surface area contributed by atoms with Crippen molar-refractivity contribution in [3.63, 3.8) is 0 Å². The van der Waals surface area contributed by atoms with Gasteiger partial charge in [-0.05, 0) is 164 Å². The van der Waals surface area contributed by atoms with Gasteiger partial charge >= 0.3 is 0 Å². The van der Waals surface area contributed by atoms with Crippen molar-refractivity contribution in [1.29, 1.82) is 0 Å². The molecule has 0 radical (unpaired) electrons. The van der Waals surface area contributed by atoms with E-state index in [1.54, 1.807) is 0 Å². The molecule has 4 nitrogen and oxygen atoms in total. The molecule has 86 heavy (non-hydrogen) atoms. The molecule has 0 fully saturated rings. The van der Waals surface area contributed by atoms with Crippen LogP contribution in [0.25, 0.3) is 175 Å². The molecule has 19 rings (SSSR count). The Morgan fingerprint density at radius 1 is 0.244 bits per heavy atom. The SMILES string of the molecule is CC(C)(C)c1cc(-c2ccc3c(c2)c2ccccc2n3-c2ccccc2)c2c(c1)c1cc3ccccc3c3c4cc5c(cc4n2c13)c1c2ccccc2cc2c3cc(C(C)(C)C)cc(-c4ccc6c(c4)c4ccccc4n6-c4ccccc4)c3n5c21. The highest BCUT2D eigenvalue weighted by atomic mass is 15.0. The standard InChI is InChI=1S/C82H58N4/c1-81(2,3)51-41-59(49-33-35-71-61(37-49)57-29-17-19-31-69(57)83(71)53-23-9-7-10-24-53)77-65(43-51)63-39-47-21-13-15-27-55(47)75-67-46-74-68(45-73(67)85(77)79(63)75)76-56-28-16-14-22-48(56)40-64-66-44-52(82(4,5)6)42-60(78(66)86(74)80(64)76)50-34-36-72-62(38-50)58-30-18-20-32-70(58)84(72)54-25-11-8-12-26-54/h7-46H,1-6H3. The lowest BCUT2D eigenvalue weighted by molar-refractivity contribution is 0.591. The van der Waals surface area contributed by atoms with Crippen LogP contribution in [0.15, 0.2) is 243 Å². The molecule has 0 atom stereocenters. The van der Waals surface area contributed by atoms with Crippen molar-refractivity contribution in [2.75, 3.05) is 0 Å². The number of nitrogens with zero attached hydrogens (tertiary/aromatic N) is 4. The molecule has 0 aliphatic rings. The second-order valence-electron chi connectivity index (χ2n) is 26.5. The van der Waals surface area contributed by atoms with Crippen molar-refractivity contribution >= 4 is 141 Å². The second kappa shape index (κ2) is 16.7.